The molecule has 0 N–H and O–H groups in total. The molecule has 2 nitrogen and oxygen atoms in total. The number of nitrogens with zero attached hydrogens (tertiary/aromatic N) is 1. The molecule has 106 valence electrons. The summed E-state index contributed by atoms with van der Waals surface area (Å²) in [5, 5.41) is 0. The molecule has 2 rings (SSSR count). The molecule has 0 aromatic heterocycles. The van der Waals surface area contributed by atoms with Gasteiger partial charge in [-0.3, -0.25) is 0 Å². The zero-order valence-corrected chi connectivity index (χ0v) is 13.8. The third-order valence-electron chi connectivity index (χ3n) is 3.65. The van der Waals surface area contributed by atoms with Crippen molar-refractivity contribution in [1.29, 1.82) is 0 Å². The zero-order chi connectivity index (χ0) is 13.3. The minimum Gasteiger partial charge on any atom is -0.494 e. The van der Waals surface area contributed by atoms with E-state index in [1.807, 2.05) is 0 Å². The zero-order valence-electron chi connectivity index (χ0n) is 11.6. The monoisotopic (exact) mass is 373 g/mol. The van der Waals surface area contributed by atoms with Crippen molar-refractivity contribution in [3.05, 3.63) is 27.8 Å². The number of likely N-dealkylation sites (tertiary alicyclic amines) is 1. The summed E-state index contributed by atoms with van der Waals surface area (Å²) in [5.74, 6) is 0.998. The highest BCUT2D eigenvalue weighted by atomic mass is 127. The summed E-state index contributed by atoms with van der Waals surface area (Å²) in [5.41, 5.74) is 0. The lowest BCUT2D eigenvalue weighted by atomic mass is 10.2. The minimum atomic E-state index is 0.851. The van der Waals surface area contributed by atoms with Crippen molar-refractivity contribution in [3.8, 4) is 5.75 Å². The van der Waals surface area contributed by atoms with Crippen molar-refractivity contribution in [2.75, 3.05) is 26.2 Å². The average Bonchev–Trinajstić information content (AvgIpc) is 2.93. The first-order valence-electron chi connectivity index (χ1n) is 7.45. The van der Waals surface area contributed by atoms with Crippen molar-refractivity contribution in [1.82, 2.24) is 4.90 Å². The van der Waals surface area contributed by atoms with Gasteiger partial charge in [0.25, 0.3) is 0 Å². The van der Waals surface area contributed by atoms with Crippen LogP contribution in [-0.4, -0.2) is 31.1 Å². The Kier molecular flexibility index (Phi) is 6.99. The van der Waals surface area contributed by atoms with E-state index in [2.05, 4.69) is 51.8 Å². The van der Waals surface area contributed by atoms with Crippen molar-refractivity contribution in [2.45, 2.75) is 38.5 Å². The molecule has 0 spiro atoms. The van der Waals surface area contributed by atoms with Crippen LogP contribution in [0.2, 0.25) is 0 Å². The second-order valence-electron chi connectivity index (χ2n) is 5.27. The van der Waals surface area contributed by atoms with Gasteiger partial charge in [0.15, 0.2) is 0 Å². The molecule has 0 aliphatic carbocycles. The van der Waals surface area contributed by atoms with E-state index in [4.69, 9.17) is 4.74 Å². The van der Waals surface area contributed by atoms with Crippen LogP contribution in [0, 0.1) is 3.57 Å². The van der Waals surface area contributed by atoms with Crippen molar-refractivity contribution in [2.24, 2.45) is 0 Å². The smallest absolute Gasteiger partial charge is 0.119 e. The highest BCUT2D eigenvalue weighted by Gasteiger charge is 2.09. The Balaban J connectivity index is 1.44. The SMILES string of the molecule is Ic1ccc(OCCCCCCN2CCCC2)cc1. The number of unbranched alkanes of at least 4 members (excludes halogenated alkanes) is 3. The van der Waals surface area contributed by atoms with Gasteiger partial charge in [0.2, 0.25) is 0 Å². The normalized spacial score (nSPS) is 15.8. The van der Waals surface area contributed by atoms with Crippen LogP contribution in [0.15, 0.2) is 24.3 Å². The van der Waals surface area contributed by atoms with Gasteiger partial charge in [0.1, 0.15) is 5.75 Å². The van der Waals surface area contributed by atoms with Crippen LogP contribution in [-0.2, 0) is 0 Å². The molecule has 1 fully saturated rings. The highest BCUT2D eigenvalue weighted by Crippen LogP contribution is 2.14. The van der Waals surface area contributed by atoms with E-state index in [0.29, 0.717) is 0 Å². The minimum absolute atomic E-state index is 0.851. The number of hydrogen-bond acceptors (Lipinski definition) is 2. The molecule has 1 aromatic rings. The molecule has 0 radical (unpaired) electrons. The van der Waals surface area contributed by atoms with Gasteiger partial charge in [-0.1, -0.05) is 12.8 Å². The number of rotatable bonds is 8. The third-order valence-corrected chi connectivity index (χ3v) is 4.37. The van der Waals surface area contributed by atoms with Crippen molar-refractivity contribution in [3.63, 3.8) is 0 Å². The maximum Gasteiger partial charge on any atom is 0.119 e. The molecule has 1 aliphatic rings. The summed E-state index contributed by atoms with van der Waals surface area (Å²) < 4.78 is 6.98. The van der Waals surface area contributed by atoms with Gasteiger partial charge in [0, 0.05) is 3.57 Å². The van der Waals surface area contributed by atoms with Crippen LogP contribution in [0.3, 0.4) is 0 Å². The molecular weight excluding hydrogens is 349 g/mol. The van der Waals surface area contributed by atoms with E-state index in [9.17, 15) is 0 Å². The van der Waals surface area contributed by atoms with E-state index in [1.54, 1.807) is 0 Å². The Hall–Kier alpha value is -0.290. The van der Waals surface area contributed by atoms with Gasteiger partial charge in [0.05, 0.1) is 6.61 Å². The van der Waals surface area contributed by atoms with Crippen molar-refractivity contribution < 1.29 is 4.74 Å². The first kappa shape index (κ1) is 15.1. The summed E-state index contributed by atoms with van der Waals surface area (Å²) in [4.78, 5) is 2.60. The first-order valence-corrected chi connectivity index (χ1v) is 8.53. The fraction of sp³-hybridized carbons (Fsp3) is 0.625. The maximum atomic E-state index is 5.73. The fourth-order valence-corrected chi connectivity index (χ4v) is 2.88. The lowest BCUT2D eigenvalue weighted by molar-refractivity contribution is 0.297. The summed E-state index contributed by atoms with van der Waals surface area (Å²) >= 11 is 2.31. The van der Waals surface area contributed by atoms with Crippen LogP contribution in [0.5, 0.6) is 5.75 Å². The van der Waals surface area contributed by atoms with Crippen LogP contribution >= 0.6 is 22.6 Å². The van der Waals surface area contributed by atoms with Gasteiger partial charge in [-0.2, -0.15) is 0 Å². The van der Waals surface area contributed by atoms with Crippen LogP contribution in [0.1, 0.15) is 38.5 Å². The molecule has 1 aliphatic heterocycles. The molecule has 19 heavy (non-hydrogen) atoms. The number of benzene rings is 1. The molecule has 1 saturated heterocycles. The molecule has 0 bridgehead atoms. The topological polar surface area (TPSA) is 12.5 Å². The van der Waals surface area contributed by atoms with E-state index in [1.165, 1.54) is 61.7 Å². The summed E-state index contributed by atoms with van der Waals surface area (Å²) in [6, 6.07) is 8.28. The van der Waals surface area contributed by atoms with Gasteiger partial charge in [-0.25, -0.2) is 0 Å². The predicted octanol–water partition coefficient (Wildman–Crippen LogP) is 4.33. The molecule has 3 heteroatoms. The van der Waals surface area contributed by atoms with E-state index >= 15 is 0 Å². The lowest BCUT2D eigenvalue weighted by Crippen LogP contribution is -2.20. The lowest BCUT2D eigenvalue weighted by Gasteiger charge is -2.13. The Labute approximate surface area is 130 Å². The van der Waals surface area contributed by atoms with Crippen LogP contribution < -0.4 is 4.74 Å². The number of ether oxygens (including phenoxy) is 1. The maximum absolute atomic E-state index is 5.73. The van der Waals surface area contributed by atoms with E-state index in [-0.39, 0.29) is 0 Å². The second kappa shape index (κ2) is 8.80. The molecular formula is C16H24INO. The quantitative estimate of drug-likeness (QED) is 0.497. The largest absolute Gasteiger partial charge is 0.494 e. The van der Waals surface area contributed by atoms with Gasteiger partial charge >= 0.3 is 0 Å². The van der Waals surface area contributed by atoms with E-state index in [0.717, 1.165) is 12.4 Å². The van der Waals surface area contributed by atoms with Crippen LogP contribution in [0.25, 0.3) is 0 Å². The Morgan fingerprint density at radius 1 is 0.947 bits per heavy atom. The molecule has 0 atom stereocenters. The Morgan fingerprint density at radius 3 is 2.37 bits per heavy atom. The Bertz CT molecular complexity index is 346. The molecule has 1 heterocycles. The fourth-order valence-electron chi connectivity index (χ4n) is 2.52. The number of hydrogen-bond donors (Lipinski definition) is 0. The first-order chi connectivity index (χ1) is 9.34. The van der Waals surface area contributed by atoms with E-state index < -0.39 is 0 Å². The van der Waals surface area contributed by atoms with Crippen LogP contribution in [0.4, 0.5) is 0 Å². The van der Waals surface area contributed by atoms with Gasteiger partial charge in [-0.15, -0.1) is 0 Å². The Morgan fingerprint density at radius 2 is 1.63 bits per heavy atom. The average molecular weight is 373 g/mol. The van der Waals surface area contributed by atoms with Crippen molar-refractivity contribution >= 4 is 22.6 Å². The molecule has 0 amide bonds. The third kappa shape index (κ3) is 6.13. The molecule has 1 aromatic carbocycles. The molecule has 0 unspecified atom stereocenters. The van der Waals surface area contributed by atoms with Gasteiger partial charge < -0.3 is 9.64 Å². The number of halogens is 1. The molecule has 0 saturated carbocycles. The highest BCUT2D eigenvalue weighted by molar-refractivity contribution is 14.1. The summed E-state index contributed by atoms with van der Waals surface area (Å²) in [6.45, 7) is 4.81. The second-order valence-corrected chi connectivity index (χ2v) is 6.51. The van der Waals surface area contributed by atoms with Gasteiger partial charge in [-0.05, 0) is 92.2 Å². The standard InChI is InChI=1S/C16H24INO/c17-15-7-9-16(10-8-15)19-14-6-2-1-3-11-18-12-4-5-13-18/h7-10H,1-6,11-14H2. The predicted molar refractivity (Wildman–Crippen MR) is 88.8 cm³/mol. The summed E-state index contributed by atoms with van der Waals surface area (Å²) in [7, 11) is 0. The summed E-state index contributed by atoms with van der Waals surface area (Å²) in [6.07, 6.45) is 7.97.